The number of aliphatic hydroxyl groups is 1. The van der Waals surface area contributed by atoms with Crippen LogP contribution in [0.4, 0.5) is 5.82 Å². The van der Waals surface area contributed by atoms with E-state index < -0.39 is 0 Å². The van der Waals surface area contributed by atoms with Crippen LogP contribution in [0.2, 0.25) is 0 Å². The van der Waals surface area contributed by atoms with E-state index >= 15 is 0 Å². The zero-order valence-electron chi connectivity index (χ0n) is 15.3. The third-order valence-corrected chi connectivity index (χ3v) is 7.27. The molecule has 1 aliphatic carbocycles. The fraction of sp³-hybridized carbons (Fsp3) is 0.286. The van der Waals surface area contributed by atoms with Crippen molar-refractivity contribution >= 4 is 38.7 Å². The molecule has 5 nitrogen and oxygen atoms in total. The van der Waals surface area contributed by atoms with Crippen LogP contribution in [-0.4, -0.2) is 26.7 Å². The summed E-state index contributed by atoms with van der Waals surface area (Å²) in [6, 6.07) is 8.08. The van der Waals surface area contributed by atoms with Crippen molar-refractivity contribution in [2.75, 3.05) is 11.9 Å². The highest BCUT2D eigenvalue weighted by Crippen LogP contribution is 2.41. The summed E-state index contributed by atoms with van der Waals surface area (Å²) in [4.78, 5) is 17.7. The Morgan fingerprint density at radius 1 is 1.18 bits per heavy atom. The van der Waals surface area contributed by atoms with Gasteiger partial charge in [-0.05, 0) is 54.8 Å². The van der Waals surface area contributed by atoms with Crippen LogP contribution in [0, 0.1) is 0 Å². The first-order valence-electron chi connectivity index (χ1n) is 9.47. The number of hydrogen-bond donors (Lipinski definition) is 2. The van der Waals surface area contributed by atoms with E-state index in [9.17, 15) is 5.11 Å². The molecule has 0 amide bonds. The molecule has 0 spiro atoms. The van der Waals surface area contributed by atoms with Gasteiger partial charge in [0.2, 0.25) is 0 Å². The average molecular weight is 409 g/mol. The normalized spacial score (nSPS) is 14.3. The molecule has 28 heavy (non-hydrogen) atoms. The van der Waals surface area contributed by atoms with Crippen molar-refractivity contribution in [2.24, 2.45) is 0 Å². The number of anilines is 1. The lowest BCUT2D eigenvalue weighted by atomic mass is 10.1. The van der Waals surface area contributed by atoms with Gasteiger partial charge in [0, 0.05) is 34.3 Å². The van der Waals surface area contributed by atoms with Crippen molar-refractivity contribution in [1.29, 1.82) is 0 Å². The van der Waals surface area contributed by atoms with E-state index in [0.717, 1.165) is 34.4 Å². The number of pyridine rings is 1. The molecule has 0 bridgehead atoms. The van der Waals surface area contributed by atoms with Crippen LogP contribution in [0.3, 0.4) is 0 Å². The van der Waals surface area contributed by atoms with Crippen LogP contribution in [0.25, 0.3) is 21.6 Å². The summed E-state index contributed by atoms with van der Waals surface area (Å²) in [5, 5.41) is 16.5. The van der Waals surface area contributed by atoms with E-state index in [1.54, 1.807) is 35.1 Å². The molecular formula is C21H20N4OS2. The summed E-state index contributed by atoms with van der Waals surface area (Å²) in [5.74, 6) is 1.56. The molecule has 0 aromatic carbocycles. The maximum absolute atomic E-state index is 9.60. The summed E-state index contributed by atoms with van der Waals surface area (Å²) in [7, 11) is 0. The van der Waals surface area contributed by atoms with Crippen LogP contribution in [0.1, 0.15) is 34.2 Å². The predicted molar refractivity (Wildman–Crippen MR) is 115 cm³/mol. The molecular weight excluding hydrogens is 388 g/mol. The summed E-state index contributed by atoms with van der Waals surface area (Å²) in [6.45, 7) is 0.126. The number of hydrogen-bond acceptors (Lipinski definition) is 7. The van der Waals surface area contributed by atoms with Gasteiger partial charge < -0.3 is 10.4 Å². The Bertz CT molecular complexity index is 1090. The van der Waals surface area contributed by atoms with Gasteiger partial charge in [-0.3, -0.25) is 4.98 Å². The highest BCUT2D eigenvalue weighted by atomic mass is 32.1. The third-order valence-electron chi connectivity index (χ3n) is 5.10. The number of nitrogens with zero attached hydrogens (tertiary/aromatic N) is 3. The average Bonchev–Trinajstić information content (AvgIpc) is 3.45. The quantitative estimate of drug-likeness (QED) is 0.478. The molecule has 4 aromatic heterocycles. The molecule has 2 N–H and O–H groups in total. The van der Waals surface area contributed by atoms with E-state index in [0.29, 0.717) is 12.2 Å². The van der Waals surface area contributed by atoms with E-state index in [4.69, 9.17) is 9.97 Å². The molecule has 0 fully saturated rings. The maximum atomic E-state index is 9.60. The second kappa shape index (κ2) is 7.58. The summed E-state index contributed by atoms with van der Waals surface area (Å²) in [6.07, 6.45) is 7.62. The molecule has 142 valence electrons. The molecule has 0 saturated heterocycles. The number of nitrogens with one attached hydrogen (secondary N) is 1. The molecule has 5 rings (SSSR count). The Morgan fingerprint density at radius 3 is 2.93 bits per heavy atom. The van der Waals surface area contributed by atoms with Gasteiger partial charge in [0.05, 0.1) is 11.4 Å². The Kier molecular flexibility index (Phi) is 4.80. The van der Waals surface area contributed by atoms with Gasteiger partial charge in [0.1, 0.15) is 10.6 Å². The molecule has 1 aliphatic rings. The molecule has 7 heteroatoms. The van der Waals surface area contributed by atoms with Gasteiger partial charge >= 0.3 is 0 Å². The monoisotopic (exact) mass is 408 g/mol. The Morgan fingerprint density at radius 2 is 2.14 bits per heavy atom. The maximum Gasteiger partial charge on any atom is 0.164 e. The highest BCUT2D eigenvalue weighted by molar-refractivity contribution is 7.19. The summed E-state index contributed by atoms with van der Waals surface area (Å²) < 4.78 is 0. The van der Waals surface area contributed by atoms with E-state index in [2.05, 4.69) is 21.7 Å². The van der Waals surface area contributed by atoms with Crippen molar-refractivity contribution < 1.29 is 5.11 Å². The first kappa shape index (κ1) is 17.7. The smallest absolute Gasteiger partial charge is 0.164 e. The van der Waals surface area contributed by atoms with Crippen LogP contribution in [0.15, 0.2) is 42.0 Å². The van der Waals surface area contributed by atoms with Gasteiger partial charge in [-0.25, -0.2) is 9.97 Å². The Hall–Kier alpha value is -2.35. The fourth-order valence-electron chi connectivity index (χ4n) is 3.79. The van der Waals surface area contributed by atoms with Crippen molar-refractivity contribution in [2.45, 2.75) is 31.7 Å². The lowest BCUT2D eigenvalue weighted by molar-refractivity contribution is 0.280. The second-order valence-corrected chi connectivity index (χ2v) is 8.96. The van der Waals surface area contributed by atoms with Gasteiger partial charge in [0.15, 0.2) is 5.82 Å². The van der Waals surface area contributed by atoms with Crippen molar-refractivity contribution in [3.63, 3.8) is 0 Å². The minimum Gasteiger partial charge on any atom is -0.396 e. The van der Waals surface area contributed by atoms with Gasteiger partial charge in [-0.2, -0.15) is 0 Å². The molecule has 0 aliphatic heterocycles. The minimum absolute atomic E-state index is 0.0294. The largest absolute Gasteiger partial charge is 0.396 e. The summed E-state index contributed by atoms with van der Waals surface area (Å²) in [5.41, 5.74) is 2.31. The molecule has 1 unspecified atom stereocenters. The van der Waals surface area contributed by atoms with E-state index in [1.807, 2.05) is 18.2 Å². The van der Waals surface area contributed by atoms with Crippen LogP contribution in [0.5, 0.6) is 0 Å². The number of thiophene rings is 2. The fourth-order valence-corrected chi connectivity index (χ4v) is 5.87. The first-order valence-corrected chi connectivity index (χ1v) is 11.2. The molecule has 0 radical (unpaired) electrons. The molecule has 4 aromatic rings. The predicted octanol–water partition coefficient (Wildman–Crippen LogP) is 4.84. The van der Waals surface area contributed by atoms with Gasteiger partial charge in [-0.15, -0.1) is 22.7 Å². The lowest BCUT2D eigenvalue weighted by Gasteiger charge is -2.18. The Labute approximate surface area is 171 Å². The minimum atomic E-state index is 0.0294. The number of aryl methyl sites for hydroxylation is 2. The van der Waals surface area contributed by atoms with Crippen LogP contribution < -0.4 is 5.32 Å². The number of rotatable bonds is 6. The second-order valence-electron chi connectivity index (χ2n) is 6.90. The van der Waals surface area contributed by atoms with Crippen LogP contribution >= 0.6 is 22.7 Å². The third kappa shape index (κ3) is 3.19. The van der Waals surface area contributed by atoms with Crippen LogP contribution in [-0.2, 0) is 12.8 Å². The van der Waals surface area contributed by atoms with Gasteiger partial charge in [-0.1, -0.05) is 6.07 Å². The molecule has 1 atom stereocenters. The molecule has 4 heterocycles. The lowest BCUT2D eigenvalue weighted by Crippen LogP contribution is -2.13. The number of aliphatic hydroxyl groups excluding tert-OH is 1. The van der Waals surface area contributed by atoms with Crippen molar-refractivity contribution in [3.05, 3.63) is 57.4 Å². The summed E-state index contributed by atoms with van der Waals surface area (Å²) >= 11 is 3.49. The zero-order chi connectivity index (χ0) is 18.9. The first-order chi connectivity index (χ1) is 13.8. The van der Waals surface area contributed by atoms with Crippen molar-refractivity contribution in [3.8, 4) is 11.4 Å². The topological polar surface area (TPSA) is 70.9 Å². The van der Waals surface area contributed by atoms with Crippen molar-refractivity contribution in [1.82, 2.24) is 15.0 Å². The SMILES string of the molecule is OCCC(Nc1nc(-c2cccnc2)nc2sc3c(c12)CCC3)c1cccs1. The number of aromatic nitrogens is 3. The number of fused-ring (bicyclic) bond motifs is 3. The molecule has 0 saturated carbocycles. The zero-order valence-corrected chi connectivity index (χ0v) is 16.9. The van der Waals surface area contributed by atoms with Gasteiger partial charge in [0.25, 0.3) is 0 Å². The standard InChI is InChI=1S/C21H20N4OS2/c26-10-8-15(17-7-3-11-27-17)23-20-18-14-5-1-6-16(14)28-21(18)25-19(24-20)13-4-2-9-22-12-13/h2-4,7,9,11-12,15,26H,1,5-6,8,10H2,(H,23,24,25). The Balaban J connectivity index is 1.65. The van der Waals surface area contributed by atoms with E-state index in [-0.39, 0.29) is 12.6 Å². The van der Waals surface area contributed by atoms with E-state index in [1.165, 1.54) is 21.7 Å². The highest BCUT2D eigenvalue weighted by Gasteiger charge is 2.24.